The van der Waals surface area contributed by atoms with Gasteiger partial charge < -0.3 is 11.1 Å². The molecule has 0 unspecified atom stereocenters. The zero-order valence-corrected chi connectivity index (χ0v) is 10.7. The largest absolute Gasteiger partial charge is 0.398 e. The van der Waals surface area contributed by atoms with Gasteiger partial charge in [-0.25, -0.2) is 0 Å². The van der Waals surface area contributed by atoms with Crippen LogP contribution in [0.15, 0.2) is 18.2 Å². The van der Waals surface area contributed by atoms with Crippen molar-refractivity contribution in [2.45, 2.75) is 26.0 Å². The van der Waals surface area contributed by atoms with Gasteiger partial charge in [-0.3, -0.25) is 4.79 Å². The number of hydrogen-bond donors (Lipinski definition) is 2. The van der Waals surface area contributed by atoms with Crippen LogP contribution < -0.4 is 11.1 Å². The lowest BCUT2D eigenvalue weighted by molar-refractivity contribution is -0.113. The predicted octanol–water partition coefficient (Wildman–Crippen LogP) is 2.66. The second-order valence-corrected chi connectivity index (χ2v) is 5.54. The van der Waals surface area contributed by atoms with Gasteiger partial charge in [-0.1, -0.05) is 19.9 Å². The summed E-state index contributed by atoms with van der Waals surface area (Å²) in [5, 5.41) is 3.29. The minimum absolute atomic E-state index is 0.0157. The van der Waals surface area contributed by atoms with Gasteiger partial charge >= 0.3 is 0 Å². The normalized spacial score (nSPS) is 10.5. The first-order valence-corrected chi connectivity index (χ1v) is 6.31. The van der Waals surface area contributed by atoms with E-state index >= 15 is 0 Å². The molecule has 0 fully saturated rings. The molecule has 16 heavy (non-hydrogen) atoms. The third-order valence-electron chi connectivity index (χ3n) is 2.11. The standard InChI is InChI=1S/C12H18N2OS/c1-8(2)16-7-12(15)14-10-5-4-9(3)11(13)6-10/h4-6,8H,7,13H2,1-3H3,(H,14,15). The lowest BCUT2D eigenvalue weighted by atomic mass is 10.2. The maximum Gasteiger partial charge on any atom is 0.234 e. The molecule has 0 aromatic heterocycles. The Kier molecular flexibility index (Phi) is 4.68. The minimum atomic E-state index is 0.0157. The van der Waals surface area contributed by atoms with Crippen molar-refractivity contribution in [2.24, 2.45) is 0 Å². The van der Waals surface area contributed by atoms with E-state index < -0.39 is 0 Å². The molecule has 0 spiro atoms. The first-order chi connectivity index (χ1) is 7.49. The van der Waals surface area contributed by atoms with Crippen molar-refractivity contribution in [3.63, 3.8) is 0 Å². The molecule has 0 aliphatic heterocycles. The van der Waals surface area contributed by atoms with Crippen LogP contribution in [-0.4, -0.2) is 16.9 Å². The highest BCUT2D eigenvalue weighted by molar-refractivity contribution is 8.00. The fourth-order valence-electron chi connectivity index (χ4n) is 1.16. The minimum Gasteiger partial charge on any atom is -0.398 e. The number of carbonyl (C=O) groups is 1. The van der Waals surface area contributed by atoms with Crippen molar-refractivity contribution < 1.29 is 4.79 Å². The van der Waals surface area contributed by atoms with Gasteiger partial charge in [0.05, 0.1) is 5.75 Å². The molecule has 0 atom stereocenters. The Hall–Kier alpha value is -1.16. The quantitative estimate of drug-likeness (QED) is 0.793. The molecule has 1 amide bonds. The molecule has 1 aromatic carbocycles. The van der Waals surface area contributed by atoms with Crippen LogP contribution in [0.25, 0.3) is 0 Å². The highest BCUT2D eigenvalue weighted by atomic mass is 32.2. The van der Waals surface area contributed by atoms with E-state index in [1.807, 2.05) is 19.1 Å². The van der Waals surface area contributed by atoms with Crippen LogP contribution in [0, 0.1) is 6.92 Å². The van der Waals surface area contributed by atoms with Gasteiger partial charge in [0, 0.05) is 11.4 Å². The van der Waals surface area contributed by atoms with Crippen molar-refractivity contribution >= 4 is 29.0 Å². The van der Waals surface area contributed by atoms with Gasteiger partial charge in [-0.15, -0.1) is 11.8 Å². The van der Waals surface area contributed by atoms with E-state index in [4.69, 9.17) is 5.73 Å². The van der Waals surface area contributed by atoms with E-state index in [1.54, 1.807) is 17.8 Å². The molecule has 4 heteroatoms. The molecule has 0 heterocycles. The highest BCUT2D eigenvalue weighted by Gasteiger charge is 2.05. The fraction of sp³-hybridized carbons (Fsp3) is 0.417. The molecule has 0 aliphatic carbocycles. The summed E-state index contributed by atoms with van der Waals surface area (Å²) in [6.45, 7) is 6.08. The summed E-state index contributed by atoms with van der Waals surface area (Å²) in [4.78, 5) is 11.5. The number of hydrogen-bond acceptors (Lipinski definition) is 3. The van der Waals surface area contributed by atoms with Gasteiger partial charge in [0.15, 0.2) is 0 Å². The monoisotopic (exact) mass is 238 g/mol. The lowest BCUT2D eigenvalue weighted by Crippen LogP contribution is -2.15. The second kappa shape index (κ2) is 5.80. The summed E-state index contributed by atoms with van der Waals surface area (Å²) in [7, 11) is 0. The van der Waals surface area contributed by atoms with Crippen LogP contribution in [-0.2, 0) is 4.79 Å². The van der Waals surface area contributed by atoms with E-state index in [9.17, 15) is 4.79 Å². The number of carbonyl (C=O) groups excluding carboxylic acids is 1. The first-order valence-electron chi connectivity index (χ1n) is 5.26. The maximum atomic E-state index is 11.5. The number of aryl methyl sites for hydroxylation is 1. The Morgan fingerprint density at radius 2 is 2.19 bits per heavy atom. The van der Waals surface area contributed by atoms with Crippen molar-refractivity contribution in [3.8, 4) is 0 Å². The number of amides is 1. The number of nitrogens with two attached hydrogens (primary N) is 1. The molecule has 0 saturated carbocycles. The number of nitrogens with one attached hydrogen (secondary N) is 1. The molecule has 0 radical (unpaired) electrons. The van der Waals surface area contributed by atoms with E-state index in [-0.39, 0.29) is 5.91 Å². The number of anilines is 2. The van der Waals surface area contributed by atoms with E-state index in [2.05, 4.69) is 19.2 Å². The van der Waals surface area contributed by atoms with Crippen molar-refractivity contribution in [2.75, 3.05) is 16.8 Å². The topological polar surface area (TPSA) is 55.1 Å². The molecular weight excluding hydrogens is 220 g/mol. The highest BCUT2D eigenvalue weighted by Crippen LogP contribution is 2.17. The van der Waals surface area contributed by atoms with Crippen LogP contribution in [0.2, 0.25) is 0 Å². The summed E-state index contributed by atoms with van der Waals surface area (Å²) in [5.74, 6) is 0.493. The molecule has 1 rings (SSSR count). The Balaban J connectivity index is 2.53. The third-order valence-corrected chi connectivity index (χ3v) is 3.21. The van der Waals surface area contributed by atoms with Gasteiger partial charge in [0.25, 0.3) is 0 Å². The average molecular weight is 238 g/mol. The molecule has 0 saturated heterocycles. The second-order valence-electron chi connectivity index (χ2n) is 3.98. The third kappa shape index (κ3) is 4.14. The van der Waals surface area contributed by atoms with Crippen molar-refractivity contribution in [3.05, 3.63) is 23.8 Å². The number of rotatable bonds is 4. The van der Waals surface area contributed by atoms with Gasteiger partial charge in [-0.05, 0) is 29.9 Å². The summed E-state index contributed by atoms with van der Waals surface area (Å²) in [6.07, 6.45) is 0. The van der Waals surface area contributed by atoms with Crippen molar-refractivity contribution in [1.82, 2.24) is 0 Å². The van der Waals surface area contributed by atoms with Crippen molar-refractivity contribution in [1.29, 1.82) is 0 Å². The molecular formula is C12H18N2OS. The molecule has 0 bridgehead atoms. The first kappa shape index (κ1) is 12.9. The van der Waals surface area contributed by atoms with Crippen LogP contribution in [0.4, 0.5) is 11.4 Å². The molecule has 3 N–H and O–H groups in total. The smallest absolute Gasteiger partial charge is 0.234 e. The Labute approximate surface area is 101 Å². The number of thioether (sulfide) groups is 1. The average Bonchev–Trinajstić information content (AvgIpc) is 2.21. The summed E-state index contributed by atoms with van der Waals surface area (Å²) in [6, 6.07) is 5.55. The van der Waals surface area contributed by atoms with Crippen LogP contribution in [0.5, 0.6) is 0 Å². The zero-order valence-electron chi connectivity index (χ0n) is 9.91. The Bertz CT molecular complexity index is 377. The number of benzene rings is 1. The van der Waals surface area contributed by atoms with Crippen LogP contribution in [0.1, 0.15) is 19.4 Å². The SMILES string of the molecule is Cc1ccc(NC(=O)CSC(C)C)cc1N. The Morgan fingerprint density at radius 3 is 2.75 bits per heavy atom. The molecule has 0 aliphatic rings. The van der Waals surface area contributed by atoms with E-state index in [0.29, 0.717) is 16.7 Å². The summed E-state index contributed by atoms with van der Waals surface area (Å²) >= 11 is 1.62. The number of nitrogen functional groups attached to an aromatic ring is 1. The zero-order chi connectivity index (χ0) is 12.1. The van der Waals surface area contributed by atoms with Crippen LogP contribution >= 0.6 is 11.8 Å². The maximum absolute atomic E-state index is 11.5. The summed E-state index contributed by atoms with van der Waals surface area (Å²) < 4.78 is 0. The molecule has 88 valence electrons. The Morgan fingerprint density at radius 1 is 1.50 bits per heavy atom. The summed E-state index contributed by atoms with van der Waals surface area (Å²) in [5.41, 5.74) is 8.25. The van der Waals surface area contributed by atoms with Gasteiger partial charge in [0.2, 0.25) is 5.91 Å². The van der Waals surface area contributed by atoms with Gasteiger partial charge in [-0.2, -0.15) is 0 Å². The van der Waals surface area contributed by atoms with Crippen LogP contribution in [0.3, 0.4) is 0 Å². The molecule has 3 nitrogen and oxygen atoms in total. The lowest BCUT2D eigenvalue weighted by Gasteiger charge is -2.08. The van der Waals surface area contributed by atoms with E-state index in [1.165, 1.54) is 0 Å². The predicted molar refractivity (Wildman–Crippen MR) is 71.8 cm³/mol. The van der Waals surface area contributed by atoms with Gasteiger partial charge in [0.1, 0.15) is 0 Å². The van der Waals surface area contributed by atoms with E-state index in [0.717, 1.165) is 11.3 Å². The fourth-order valence-corrected chi connectivity index (χ4v) is 1.71. The molecule has 1 aromatic rings.